The monoisotopic (exact) mass is 342 g/mol. The summed E-state index contributed by atoms with van der Waals surface area (Å²) in [5.74, 6) is 0.894. The first-order valence-corrected chi connectivity index (χ1v) is 9.90. The van der Waals surface area contributed by atoms with Crippen molar-refractivity contribution in [2.45, 2.75) is 70.8 Å². The van der Waals surface area contributed by atoms with E-state index in [0.717, 1.165) is 43.5 Å². The van der Waals surface area contributed by atoms with Crippen molar-refractivity contribution < 1.29 is 9.59 Å². The second kappa shape index (κ2) is 8.50. The van der Waals surface area contributed by atoms with Gasteiger partial charge < -0.3 is 10.2 Å². The number of likely N-dealkylation sites (tertiary alicyclic amines) is 1. The molecule has 0 unspecified atom stereocenters. The summed E-state index contributed by atoms with van der Waals surface area (Å²) >= 11 is 0. The molecule has 1 saturated heterocycles. The molecule has 2 aliphatic rings. The van der Waals surface area contributed by atoms with Crippen LogP contribution in [-0.4, -0.2) is 29.3 Å². The molecule has 0 spiro atoms. The third kappa shape index (κ3) is 4.42. The molecule has 1 aliphatic carbocycles. The van der Waals surface area contributed by atoms with E-state index in [0.29, 0.717) is 18.4 Å². The molecule has 3 rings (SSSR count). The predicted octanol–water partition coefficient (Wildman–Crippen LogP) is 4.61. The summed E-state index contributed by atoms with van der Waals surface area (Å²) in [6, 6.07) is 7.83. The second-order valence-electron chi connectivity index (χ2n) is 7.48. The zero-order valence-corrected chi connectivity index (χ0v) is 15.3. The van der Waals surface area contributed by atoms with Crippen molar-refractivity contribution in [1.29, 1.82) is 0 Å². The molecule has 1 N–H and O–H groups in total. The molecule has 1 heterocycles. The van der Waals surface area contributed by atoms with Gasteiger partial charge in [0.1, 0.15) is 0 Å². The smallest absolute Gasteiger partial charge is 0.254 e. The van der Waals surface area contributed by atoms with E-state index < -0.39 is 0 Å². The van der Waals surface area contributed by atoms with E-state index in [4.69, 9.17) is 0 Å². The topological polar surface area (TPSA) is 49.4 Å². The number of benzene rings is 1. The number of carbonyl (C=O) groups excluding carboxylic acids is 2. The normalized spacial score (nSPS) is 23.0. The Morgan fingerprint density at radius 1 is 1.08 bits per heavy atom. The highest BCUT2D eigenvalue weighted by molar-refractivity contribution is 5.96. The van der Waals surface area contributed by atoms with E-state index in [1.807, 2.05) is 24.3 Å². The van der Waals surface area contributed by atoms with Crippen LogP contribution in [0.1, 0.15) is 75.1 Å². The molecule has 136 valence electrons. The highest BCUT2D eigenvalue weighted by atomic mass is 16.2. The number of nitrogens with zero attached hydrogens (tertiary/aromatic N) is 1. The van der Waals surface area contributed by atoms with Gasteiger partial charge >= 0.3 is 0 Å². The van der Waals surface area contributed by atoms with E-state index in [-0.39, 0.29) is 11.8 Å². The molecule has 4 nitrogen and oxygen atoms in total. The Balaban J connectivity index is 1.63. The Kier molecular flexibility index (Phi) is 6.11. The van der Waals surface area contributed by atoms with Crippen molar-refractivity contribution in [3.05, 3.63) is 29.8 Å². The molecule has 0 radical (unpaired) electrons. The molecule has 0 bridgehead atoms. The van der Waals surface area contributed by atoms with Crippen LogP contribution in [0.2, 0.25) is 0 Å². The number of piperidine rings is 1. The molecule has 2 fully saturated rings. The second-order valence-corrected chi connectivity index (χ2v) is 7.48. The van der Waals surface area contributed by atoms with E-state index in [9.17, 15) is 9.59 Å². The highest BCUT2D eigenvalue weighted by Crippen LogP contribution is 2.36. The van der Waals surface area contributed by atoms with Gasteiger partial charge in [0.15, 0.2) is 0 Å². The number of anilines is 1. The van der Waals surface area contributed by atoms with Gasteiger partial charge in [-0.3, -0.25) is 9.59 Å². The van der Waals surface area contributed by atoms with Crippen molar-refractivity contribution in [3.8, 4) is 0 Å². The van der Waals surface area contributed by atoms with Gasteiger partial charge in [-0.2, -0.15) is 0 Å². The number of unbranched alkanes of at least 4 members (excludes halogenated alkanes) is 1. The molecule has 1 aromatic carbocycles. The van der Waals surface area contributed by atoms with Gasteiger partial charge in [-0.25, -0.2) is 0 Å². The lowest BCUT2D eigenvalue weighted by atomic mass is 9.78. The lowest BCUT2D eigenvalue weighted by Gasteiger charge is -2.44. The van der Waals surface area contributed by atoms with Gasteiger partial charge in [0.2, 0.25) is 5.91 Å². The number of carbonyl (C=O) groups is 2. The zero-order valence-electron chi connectivity index (χ0n) is 15.3. The summed E-state index contributed by atoms with van der Waals surface area (Å²) in [5, 5.41) is 2.90. The third-order valence-electron chi connectivity index (χ3n) is 5.68. The van der Waals surface area contributed by atoms with Gasteiger partial charge in [0, 0.05) is 30.3 Å². The highest BCUT2D eigenvalue weighted by Gasteiger charge is 2.35. The van der Waals surface area contributed by atoms with E-state index >= 15 is 0 Å². The van der Waals surface area contributed by atoms with Crippen LogP contribution in [0, 0.1) is 5.92 Å². The maximum absolute atomic E-state index is 13.0. The van der Waals surface area contributed by atoms with Crippen LogP contribution < -0.4 is 5.32 Å². The van der Waals surface area contributed by atoms with E-state index in [2.05, 4.69) is 17.1 Å². The Labute approximate surface area is 151 Å². The summed E-state index contributed by atoms with van der Waals surface area (Å²) in [6.45, 7) is 2.96. The number of amides is 2. The molecular weight excluding hydrogens is 312 g/mol. The minimum atomic E-state index is 0.0435. The molecule has 1 aliphatic heterocycles. The SMILES string of the molecule is CCCCC(=O)Nc1ccc(C(=O)N2CCC[C@@H]3CCCC[C@@H]32)cc1. The van der Waals surface area contributed by atoms with Crippen LogP contribution in [0.5, 0.6) is 0 Å². The van der Waals surface area contributed by atoms with Gasteiger partial charge in [0.05, 0.1) is 0 Å². The first-order valence-electron chi connectivity index (χ1n) is 9.90. The Morgan fingerprint density at radius 3 is 2.56 bits per heavy atom. The lowest BCUT2D eigenvalue weighted by molar-refractivity contribution is -0.116. The molecule has 1 saturated carbocycles. The van der Waals surface area contributed by atoms with Crippen molar-refractivity contribution in [2.24, 2.45) is 5.92 Å². The average Bonchev–Trinajstić information content (AvgIpc) is 2.66. The minimum Gasteiger partial charge on any atom is -0.335 e. The fourth-order valence-corrected chi connectivity index (χ4v) is 4.30. The van der Waals surface area contributed by atoms with Crippen molar-refractivity contribution in [1.82, 2.24) is 4.90 Å². The number of hydrogen-bond donors (Lipinski definition) is 1. The maximum atomic E-state index is 13.0. The summed E-state index contributed by atoms with van der Waals surface area (Å²) < 4.78 is 0. The Bertz CT molecular complexity index is 594. The van der Waals surface area contributed by atoms with Gasteiger partial charge in [-0.1, -0.05) is 26.2 Å². The van der Waals surface area contributed by atoms with Crippen molar-refractivity contribution in [2.75, 3.05) is 11.9 Å². The first-order chi connectivity index (χ1) is 12.2. The van der Waals surface area contributed by atoms with E-state index in [1.165, 1.54) is 25.7 Å². The minimum absolute atomic E-state index is 0.0435. The standard InChI is InChI=1S/C21H30N2O2/c1-2-3-10-20(24)22-18-13-11-17(12-14-18)21(25)23-15-6-8-16-7-4-5-9-19(16)23/h11-14,16,19H,2-10,15H2,1H3,(H,22,24)/t16-,19-/m0/s1. The number of rotatable bonds is 5. The van der Waals surface area contributed by atoms with Crippen molar-refractivity contribution >= 4 is 17.5 Å². The van der Waals surface area contributed by atoms with Crippen LogP contribution in [0.4, 0.5) is 5.69 Å². The Hall–Kier alpha value is -1.84. The van der Waals surface area contributed by atoms with E-state index in [1.54, 1.807) is 0 Å². The average molecular weight is 342 g/mol. The molecule has 4 heteroatoms. The first kappa shape index (κ1) is 18.0. The summed E-state index contributed by atoms with van der Waals surface area (Å²) in [4.78, 5) is 26.9. The molecular formula is C21H30N2O2. The fourth-order valence-electron chi connectivity index (χ4n) is 4.30. The molecule has 25 heavy (non-hydrogen) atoms. The summed E-state index contributed by atoms with van der Waals surface area (Å²) in [7, 11) is 0. The van der Waals surface area contributed by atoms with Crippen LogP contribution in [-0.2, 0) is 4.79 Å². The van der Waals surface area contributed by atoms with Gasteiger partial charge in [-0.05, 0) is 62.3 Å². The van der Waals surface area contributed by atoms with Gasteiger partial charge in [0.25, 0.3) is 5.91 Å². The third-order valence-corrected chi connectivity index (χ3v) is 5.68. The predicted molar refractivity (Wildman–Crippen MR) is 101 cm³/mol. The van der Waals surface area contributed by atoms with Gasteiger partial charge in [-0.15, -0.1) is 0 Å². The summed E-state index contributed by atoms with van der Waals surface area (Å²) in [6.07, 6.45) is 9.85. The molecule has 1 aromatic rings. The van der Waals surface area contributed by atoms with Crippen LogP contribution in [0.3, 0.4) is 0 Å². The Morgan fingerprint density at radius 2 is 1.80 bits per heavy atom. The maximum Gasteiger partial charge on any atom is 0.254 e. The number of hydrogen-bond acceptors (Lipinski definition) is 2. The zero-order chi connectivity index (χ0) is 17.6. The number of nitrogens with one attached hydrogen (secondary N) is 1. The summed E-state index contributed by atoms with van der Waals surface area (Å²) in [5.41, 5.74) is 1.50. The van der Waals surface area contributed by atoms with Crippen LogP contribution >= 0.6 is 0 Å². The lowest BCUT2D eigenvalue weighted by Crippen LogP contribution is -2.49. The largest absolute Gasteiger partial charge is 0.335 e. The molecule has 0 aromatic heterocycles. The van der Waals surface area contributed by atoms with Crippen LogP contribution in [0.15, 0.2) is 24.3 Å². The van der Waals surface area contributed by atoms with Crippen molar-refractivity contribution in [3.63, 3.8) is 0 Å². The van der Waals surface area contributed by atoms with Crippen LogP contribution in [0.25, 0.3) is 0 Å². The molecule has 2 atom stereocenters. The number of fused-ring (bicyclic) bond motifs is 1. The molecule has 2 amide bonds. The quantitative estimate of drug-likeness (QED) is 0.849. The fraction of sp³-hybridized carbons (Fsp3) is 0.619.